The molecule has 0 aromatic heterocycles. The minimum atomic E-state index is -0.806. The van der Waals surface area contributed by atoms with Crippen LogP contribution in [0.25, 0.3) is 0 Å². The number of likely N-dealkylation sites (tertiary alicyclic amines) is 1. The second-order valence-corrected chi connectivity index (χ2v) is 6.61. The minimum absolute atomic E-state index is 0.0630. The van der Waals surface area contributed by atoms with Gasteiger partial charge in [-0.2, -0.15) is 0 Å². The Morgan fingerprint density at radius 1 is 1.32 bits per heavy atom. The molecule has 1 saturated heterocycles. The summed E-state index contributed by atoms with van der Waals surface area (Å²) in [5.41, 5.74) is 0.782. The van der Waals surface area contributed by atoms with E-state index in [4.69, 9.17) is 0 Å². The quantitative estimate of drug-likeness (QED) is 0.631. The molecule has 6 heteroatoms. The molecule has 1 N–H and O–H groups in total. The molecular weight excluding hydrogens is 322 g/mol. The van der Waals surface area contributed by atoms with E-state index in [1.165, 1.54) is 12.1 Å². The second kappa shape index (κ2) is 9.13. The number of halogens is 2. The van der Waals surface area contributed by atoms with E-state index >= 15 is 0 Å². The van der Waals surface area contributed by atoms with Crippen molar-refractivity contribution in [1.29, 1.82) is 0 Å². The predicted molar refractivity (Wildman–Crippen MR) is 99.0 cm³/mol. The zero-order valence-corrected chi connectivity index (χ0v) is 15.7. The Bertz CT molecular complexity index is 587. The van der Waals surface area contributed by atoms with Gasteiger partial charge in [0.05, 0.1) is 0 Å². The molecule has 0 radical (unpaired) electrons. The van der Waals surface area contributed by atoms with Crippen molar-refractivity contribution in [2.75, 3.05) is 39.8 Å². The fourth-order valence-electron chi connectivity index (χ4n) is 3.49. The van der Waals surface area contributed by atoms with Crippen LogP contribution in [0.5, 0.6) is 0 Å². The lowest BCUT2D eigenvalue weighted by Crippen LogP contribution is -2.44. The van der Waals surface area contributed by atoms with E-state index in [1.807, 2.05) is 6.92 Å². The summed E-state index contributed by atoms with van der Waals surface area (Å²) in [6.45, 7) is 11.1. The Morgan fingerprint density at radius 3 is 2.64 bits per heavy atom. The third kappa shape index (κ3) is 4.91. The predicted octanol–water partition coefficient (Wildman–Crippen LogP) is 3.06. The molecule has 0 bridgehead atoms. The van der Waals surface area contributed by atoms with Crippen molar-refractivity contribution in [3.63, 3.8) is 0 Å². The first-order valence-electron chi connectivity index (χ1n) is 9.14. The first-order valence-corrected chi connectivity index (χ1v) is 9.14. The topological polar surface area (TPSA) is 30.9 Å². The Kier molecular flexibility index (Phi) is 7.17. The minimum Gasteiger partial charge on any atom is -0.356 e. The van der Waals surface area contributed by atoms with Gasteiger partial charge in [-0.1, -0.05) is 26.8 Å². The van der Waals surface area contributed by atoms with Crippen LogP contribution in [-0.4, -0.2) is 61.6 Å². The molecule has 4 nitrogen and oxygen atoms in total. The summed E-state index contributed by atoms with van der Waals surface area (Å²) >= 11 is 0. The highest BCUT2D eigenvalue weighted by atomic mass is 19.2. The van der Waals surface area contributed by atoms with Gasteiger partial charge in [-0.3, -0.25) is 9.89 Å². The van der Waals surface area contributed by atoms with Crippen LogP contribution in [-0.2, 0) is 0 Å². The summed E-state index contributed by atoms with van der Waals surface area (Å²) in [7, 11) is 1.79. The van der Waals surface area contributed by atoms with Crippen LogP contribution >= 0.6 is 0 Å². The molecule has 2 atom stereocenters. The van der Waals surface area contributed by atoms with Gasteiger partial charge in [0.15, 0.2) is 17.6 Å². The Morgan fingerprint density at radius 2 is 2.04 bits per heavy atom. The zero-order chi connectivity index (χ0) is 18.4. The molecule has 0 amide bonds. The van der Waals surface area contributed by atoms with Crippen molar-refractivity contribution in [1.82, 2.24) is 15.1 Å². The van der Waals surface area contributed by atoms with Gasteiger partial charge in [0.25, 0.3) is 0 Å². The van der Waals surface area contributed by atoms with Gasteiger partial charge in [-0.05, 0) is 43.1 Å². The zero-order valence-electron chi connectivity index (χ0n) is 15.7. The van der Waals surface area contributed by atoms with Crippen LogP contribution in [0.1, 0.15) is 38.7 Å². The van der Waals surface area contributed by atoms with Crippen molar-refractivity contribution < 1.29 is 8.78 Å². The first kappa shape index (κ1) is 19.6. The molecule has 25 heavy (non-hydrogen) atoms. The van der Waals surface area contributed by atoms with Crippen molar-refractivity contribution >= 4 is 5.96 Å². The number of nitrogens with zero attached hydrogens (tertiary/aromatic N) is 3. The van der Waals surface area contributed by atoms with Crippen molar-refractivity contribution in [3.05, 3.63) is 35.4 Å². The van der Waals surface area contributed by atoms with E-state index in [2.05, 4.69) is 34.0 Å². The summed E-state index contributed by atoms with van der Waals surface area (Å²) in [6.07, 6.45) is 1.14. The van der Waals surface area contributed by atoms with E-state index in [0.717, 1.165) is 44.1 Å². The third-order valence-electron chi connectivity index (χ3n) is 5.08. The van der Waals surface area contributed by atoms with Gasteiger partial charge in [-0.25, -0.2) is 8.78 Å². The van der Waals surface area contributed by atoms with Gasteiger partial charge in [-0.15, -0.1) is 0 Å². The molecule has 2 rings (SSSR count). The number of likely N-dealkylation sites (N-methyl/N-ethyl adjacent to an activating group) is 1. The highest BCUT2D eigenvalue weighted by Crippen LogP contribution is 2.18. The average Bonchev–Trinajstić information content (AvgIpc) is 3.08. The standard InChI is InChI=1S/C19H30F2N4/c1-5-24(6-2)16-9-10-25(13-16)19(22-4)23-12-14(3)15-7-8-17(20)18(21)11-15/h7-8,11,14,16H,5-6,9-10,12-13H2,1-4H3,(H,22,23). The van der Waals surface area contributed by atoms with Crippen LogP contribution < -0.4 is 5.32 Å². The molecule has 0 aliphatic carbocycles. The molecule has 1 aliphatic heterocycles. The number of hydrogen-bond donors (Lipinski definition) is 1. The lowest BCUT2D eigenvalue weighted by molar-refractivity contribution is 0.223. The lowest BCUT2D eigenvalue weighted by atomic mass is 10.0. The van der Waals surface area contributed by atoms with Crippen LogP contribution in [0.4, 0.5) is 8.78 Å². The maximum Gasteiger partial charge on any atom is 0.193 e. The normalized spacial score (nSPS) is 19.6. The van der Waals surface area contributed by atoms with E-state index in [9.17, 15) is 8.78 Å². The number of guanidine groups is 1. The Labute approximate surface area is 149 Å². The molecule has 1 aliphatic rings. The van der Waals surface area contributed by atoms with E-state index in [-0.39, 0.29) is 5.92 Å². The monoisotopic (exact) mass is 352 g/mol. The number of hydrogen-bond acceptors (Lipinski definition) is 2. The summed E-state index contributed by atoms with van der Waals surface area (Å²) in [6, 6.07) is 4.67. The summed E-state index contributed by atoms with van der Waals surface area (Å²) in [5, 5.41) is 3.38. The van der Waals surface area contributed by atoms with Gasteiger partial charge >= 0.3 is 0 Å². The van der Waals surface area contributed by atoms with Crippen LogP contribution in [0.15, 0.2) is 23.2 Å². The molecule has 1 fully saturated rings. The fraction of sp³-hybridized carbons (Fsp3) is 0.632. The van der Waals surface area contributed by atoms with Gasteiger partial charge in [0, 0.05) is 32.7 Å². The van der Waals surface area contributed by atoms with E-state index < -0.39 is 11.6 Å². The largest absolute Gasteiger partial charge is 0.356 e. The van der Waals surface area contributed by atoms with Crippen LogP contribution in [0.2, 0.25) is 0 Å². The average molecular weight is 352 g/mol. The van der Waals surface area contributed by atoms with Crippen LogP contribution in [0.3, 0.4) is 0 Å². The van der Waals surface area contributed by atoms with Crippen molar-refractivity contribution in [3.8, 4) is 0 Å². The van der Waals surface area contributed by atoms with Gasteiger partial charge in [0.2, 0.25) is 0 Å². The Balaban J connectivity index is 1.91. The maximum absolute atomic E-state index is 13.4. The smallest absolute Gasteiger partial charge is 0.193 e. The summed E-state index contributed by atoms with van der Waals surface area (Å²) < 4.78 is 26.5. The van der Waals surface area contributed by atoms with E-state index in [0.29, 0.717) is 12.6 Å². The lowest BCUT2D eigenvalue weighted by Gasteiger charge is -2.27. The molecule has 1 aromatic carbocycles. The maximum atomic E-state index is 13.4. The number of benzene rings is 1. The number of aliphatic imine (C=N–C) groups is 1. The molecular formula is C19H30F2N4. The Hall–Kier alpha value is -1.69. The summed E-state index contributed by atoms with van der Waals surface area (Å²) in [4.78, 5) is 9.15. The molecule has 140 valence electrons. The van der Waals surface area contributed by atoms with E-state index in [1.54, 1.807) is 13.1 Å². The highest BCUT2D eigenvalue weighted by molar-refractivity contribution is 5.80. The highest BCUT2D eigenvalue weighted by Gasteiger charge is 2.28. The summed E-state index contributed by atoms with van der Waals surface area (Å²) in [5.74, 6) is -0.660. The van der Waals surface area contributed by atoms with Crippen LogP contribution in [0, 0.1) is 11.6 Å². The molecule has 1 heterocycles. The molecule has 1 aromatic rings. The van der Waals surface area contributed by atoms with Crippen molar-refractivity contribution in [2.45, 2.75) is 39.2 Å². The fourth-order valence-corrected chi connectivity index (χ4v) is 3.49. The number of nitrogens with one attached hydrogen (secondary N) is 1. The van der Waals surface area contributed by atoms with Gasteiger partial charge < -0.3 is 10.2 Å². The number of rotatable bonds is 6. The third-order valence-corrected chi connectivity index (χ3v) is 5.08. The second-order valence-electron chi connectivity index (χ2n) is 6.61. The van der Waals surface area contributed by atoms with Gasteiger partial charge in [0.1, 0.15) is 0 Å². The first-order chi connectivity index (χ1) is 12.0. The molecule has 0 saturated carbocycles. The van der Waals surface area contributed by atoms with Crippen molar-refractivity contribution in [2.24, 2.45) is 4.99 Å². The molecule has 0 spiro atoms. The molecule has 2 unspecified atom stereocenters. The SMILES string of the molecule is CCN(CC)C1CCN(C(=NC)NCC(C)c2ccc(F)c(F)c2)C1.